The summed E-state index contributed by atoms with van der Waals surface area (Å²) in [6.07, 6.45) is 1.82. The summed E-state index contributed by atoms with van der Waals surface area (Å²) < 4.78 is 29.1. The highest BCUT2D eigenvalue weighted by Gasteiger charge is 2.25. The van der Waals surface area contributed by atoms with Crippen LogP contribution < -0.4 is 4.72 Å². The average molecular weight is 428 g/mol. The second-order valence-electron chi connectivity index (χ2n) is 6.64. The Balaban J connectivity index is 1.86. The van der Waals surface area contributed by atoms with Gasteiger partial charge in [0, 0.05) is 12.1 Å². The van der Waals surface area contributed by atoms with E-state index in [1.165, 1.54) is 13.1 Å². The third-order valence-corrected chi connectivity index (χ3v) is 6.08. The van der Waals surface area contributed by atoms with Crippen LogP contribution in [0.15, 0.2) is 59.6 Å². The summed E-state index contributed by atoms with van der Waals surface area (Å²) in [4.78, 5) is 22.8. The molecule has 1 N–H and O–H groups in total. The quantitative estimate of drug-likeness (QED) is 0.456. The van der Waals surface area contributed by atoms with Gasteiger partial charge in [0.2, 0.25) is 0 Å². The zero-order chi connectivity index (χ0) is 21.9. The van der Waals surface area contributed by atoms with Gasteiger partial charge in [-0.05, 0) is 30.5 Å². The van der Waals surface area contributed by atoms with E-state index in [4.69, 9.17) is 0 Å². The maximum atomic E-state index is 12.7. The summed E-state index contributed by atoms with van der Waals surface area (Å²) in [6.45, 7) is 3.73. The van der Waals surface area contributed by atoms with Crippen LogP contribution in [-0.2, 0) is 23.0 Å². The van der Waals surface area contributed by atoms with E-state index in [1.807, 2.05) is 42.0 Å². The maximum absolute atomic E-state index is 12.7. The first kappa shape index (κ1) is 21.2. The molecule has 0 saturated heterocycles. The van der Waals surface area contributed by atoms with E-state index >= 15 is 0 Å². The summed E-state index contributed by atoms with van der Waals surface area (Å²) in [5.41, 5.74) is 1.70. The highest BCUT2D eigenvalue weighted by atomic mass is 32.2. The van der Waals surface area contributed by atoms with Gasteiger partial charge in [-0.2, -0.15) is 5.10 Å². The fraction of sp³-hybridized carbons (Fsp3) is 0.200. The number of sulfonamides is 1. The van der Waals surface area contributed by atoms with E-state index in [-0.39, 0.29) is 21.7 Å². The lowest BCUT2D eigenvalue weighted by Crippen LogP contribution is -2.31. The van der Waals surface area contributed by atoms with Crippen molar-refractivity contribution in [3.63, 3.8) is 0 Å². The van der Waals surface area contributed by atoms with Crippen molar-refractivity contribution < 1.29 is 18.1 Å². The van der Waals surface area contributed by atoms with Crippen molar-refractivity contribution in [2.24, 2.45) is 0 Å². The molecule has 1 heterocycles. The Hall–Kier alpha value is -3.53. The summed E-state index contributed by atoms with van der Waals surface area (Å²) in [5.74, 6) is -0.802. The first-order chi connectivity index (χ1) is 14.2. The Kier molecular flexibility index (Phi) is 5.97. The number of aryl methyl sites for hydroxylation is 1. The molecular formula is C20H20N4O5S. The van der Waals surface area contributed by atoms with Crippen LogP contribution in [0.4, 0.5) is 5.69 Å². The Labute approximate surface area is 173 Å². The monoisotopic (exact) mass is 428 g/mol. The lowest BCUT2D eigenvalue weighted by Gasteiger charge is -2.10. The summed E-state index contributed by atoms with van der Waals surface area (Å²) in [5, 5.41) is 15.1. The number of nitrogens with zero attached hydrogens (tertiary/aromatic N) is 3. The molecule has 0 aliphatic rings. The molecule has 1 aromatic heterocycles. The van der Waals surface area contributed by atoms with Crippen LogP contribution in [0.5, 0.6) is 0 Å². The molecule has 156 valence electrons. The molecule has 0 aliphatic heterocycles. The molecule has 0 aliphatic carbocycles. The van der Waals surface area contributed by atoms with Gasteiger partial charge in [-0.25, -0.2) is 13.1 Å². The van der Waals surface area contributed by atoms with Crippen LogP contribution >= 0.6 is 0 Å². The molecule has 9 nitrogen and oxygen atoms in total. The van der Waals surface area contributed by atoms with Gasteiger partial charge >= 0.3 is 0 Å². The van der Waals surface area contributed by atoms with Gasteiger partial charge in [0.1, 0.15) is 0 Å². The molecule has 2 aromatic carbocycles. The fourth-order valence-corrected chi connectivity index (χ4v) is 4.34. The number of aromatic nitrogens is 2. The van der Waals surface area contributed by atoms with Gasteiger partial charge in [-0.3, -0.25) is 19.6 Å². The number of rotatable bonds is 7. The maximum Gasteiger partial charge on any atom is 0.269 e. The predicted octanol–water partition coefficient (Wildman–Crippen LogP) is 2.83. The van der Waals surface area contributed by atoms with Crippen molar-refractivity contribution in [3.05, 3.63) is 87.2 Å². The van der Waals surface area contributed by atoms with E-state index < -0.39 is 20.9 Å². The van der Waals surface area contributed by atoms with Gasteiger partial charge in [-0.1, -0.05) is 37.3 Å². The Morgan fingerprint density at radius 2 is 1.90 bits per heavy atom. The van der Waals surface area contributed by atoms with Crippen molar-refractivity contribution in [1.82, 2.24) is 14.5 Å². The van der Waals surface area contributed by atoms with Gasteiger partial charge < -0.3 is 0 Å². The predicted molar refractivity (Wildman–Crippen MR) is 110 cm³/mol. The SMILES string of the molecule is CCc1c(C(=O)NS(=O)(=O)c2ccc([N+](=O)[O-])cc2C)cnn1Cc1ccccc1. The smallest absolute Gasteiger partial charge is 0.268 e. The third-order valence-electron chi connectivity index (χ3n) is 4.59. The molecule has 0 fully saturated rings. The molecule has 10 heteroatoms. The molecule has 30 heavy (non-hydrogen) atoms. The Morgan fingerprint density at radius 3 is 2.50 bits per heavy atom. The van der Waals surface area contributed by atoms with Gasteiger partial charge in [-0.15, -0.1) is 0 Å². The zero-order valence-corrected chi connectivity index (χ0v) is 17.2. The van der Waals surface area contributed by atoms with E-state index in [1.54, 1.807) is 4.68 Å². The minimum Gasteiger partial charge on any atom is -0.268 e. The molecule has 3 rings (SSSR count). The first-order valence-corrected chi connectivity index (χ1v) is 10.6. The highest BCUT2D eigenvalue weighted by Crippen LogP contribution is 2.21. The van der Waals surface area contributed by atoms with Crippen molar-refractivity contribution in [1.29, 1.82) is 0 Å². The molecular weight excluding hydrogens is 408 g/mol. The number of nitro groups is 1. The summed E-state index contributed by atoms with van der Waals surface area (Å²) in [7, 11) is -4.21. The number of nitro benzene ring substituents is 1. The van der Waals surface area contributed by atoms with Crippen molar-refractivity contribution in [2.45, 2.75) is 31.7 Å². The van der Waals surface area contributed by atoms with Gasteiger partial charge in [0.25, 0.3) is 21.6 Å². The molecule has 0 atom stereocenters. The minimum atomic E-state index is -4.21. The molecule has 0 radical (unpaired) electrons. The van der Waals surface area contributed by atoms with Gasteiger partial charge in [0.05, 0.1) is 33.8 Å². The first-order valence-electron chi connectivity index (χ1n) is 9.13. The van der Waals surface area contributed by atoms with Crippen LogP contribution in [0, 0.1) is 17.0 Å². The minimum absolute atomic E-state index is 0.163. The number of hydrogen-bond acceptors (Lipinski definition) is 6. The Morgan fingerprint density at radius 1 is 1.20 bits per heavy atom. The average Bonchev–Trinajstić information content (AvgIpc) is 3.10. The zero-order valence-electron chi connectivity index (χ0n) is 16.4. The molecule has 1 amide bonds. The number of benzene rings is 2. The topological polar surface area (TPSA) is 124 Å². The second-order valence-corrected chi connectivity index (χ2v) is 8.29. The number of carbonyl (C=O) groups is 1. The number of non-ortho nitro benzene ring substituents is 1. The highest BCUT2D eigenvalue weighted by molar-refractivity contribution is 7.90. The number of hydrogen-bond donors (Lipinski definition) is 1. The second kappa shape index (κ2) is 8.46. The molecule has 0 saturated carbocycles. The number of carbonyl (C=O) groups excluding carboxylic acids is 1. The van der Waals surface area contributed by atoms with E-state index in [0.717, 1.165) is 23.8 Å². The van der Waals surface area contributed by atoms with Crippen LogP contribution in [0.3, 0.4) is 0 Å². The van der Waals surface area contributed by atoms with Crippen molar-refractivity contribution >= 4 is 21.6 Å². The largest absolute Gasteiger partial charge is 0.269 e. The normalized spacial score (nSPS) is 11.3. The molecule has 0 bridgehead atoms. The van der Waals surface area contributed by atoms with Crippen molar-refractivity contribution in [2.75, 3.05) is 0 Å². The number of nitrogens with one attached hydrogen (secondary N) is 1. The molecule has 3 aromatic rings. The molecule has 0 spiro atoms. The van der Waals surface area contributed by atoms with Gasteiger partial charge in [0.15, 0.2) is 0 Å². The van der Waals surface area contributed by atoms with Crippen molar-refractivity contribution in [3.8, 4) is 0 Å². The summed E-state index contributed by atoms with van der Waals surface area (Å²) in [6, 6.07) is 12.9. The summed E-state index contributed by atoms with van der Waals surface area (Å²) >= 11 is 0. The lowest BCUT2D eigenvalue weighted by atomic mass is 10.2. The fourth-order valence-electron chi connectivity index (χ4n) is 3.15. The van der Waals surface area contributed by atoms with E-state index in [9.17, 15) is 23.3 Å². The Bertz CT molecular complexity index is 1200. The van der Waals surface area contributed by atoms with Crippen LogP contribution in [0.1, 0.15) is 34.1 Å². The van der Waals surface area contributed by atoms with Crippen LogP contribution in [-0.4, -0.2) is 29.0 Å². The van der Waals surface area contributed by atoms with E-state index in [0.29, 0.717) is 18.7 Å². The number of amides is 1. The van der Waals surface area contributed by atoms with E-state index in [2.05, 4.69) is 5.10 Å². The van der Waals surface area contributed by atoms with Crippen LogP contribution in [0.2, 0.25) is 0 Å². The lowest BCUT2D eigenvalue weighted by molar-refractivity contribution is -0.385. The standard InChI is InChI=1S/C20H20N4O5S/c1-3-18-17(12-21-23(18)13-15-7-5-4-6-8-15)20(25)22-30(28,29)19-10-9-16(24(26)27)11-14(19)2/h4-12H,3,13H2,1-2H3,(H,22,25). The molecule has 0 unspecified atom stereocenters. The third kappa shape index (κ3) is 4.38. The van der Waals surface area contributed by atoms with Crippen LogP contribution in [0.25, 0.3) is 0 Å².